The number of rotatable bonds is 4. The van der Waals surface area contributed by atoms with E-state index in [-0.39, 0.29) is 30.4 Å². The van der Waals surface area contributed by atoms with Gasteiger partial charge in [-0.05, 0) is 37.3 Å². The van der Waals surface area contributed by atoms with Gasteiger partial charge in [-0.2, -0.15) is 0 Å². The Morgan fingerprint density at radius 2 is 2.00 bits per heavy atom. The first-order valence-corrected chi connectivity index (χ1v) is 8.14. The van der Waals surface area contributed by atoms with Gasteiger partial charge in [-0.15, -0.1) is 12.4 Å². The summed E-state index contributed by atoms with van der Waals surface area (Å²) in [6.07, 6.45) is 5.04. The van der Waals surface area contributed by atoms with E-state index in [9.17, 15) is 4.79 Å². The summed E-state index contributed by atoms with van der Waals surface area (Å²) in [6.45, 7) is 2.01. The Labute approximate surface area is 144 Å². The quantitative estimate of drug-likeness (QED) is 0.889. The molecule has 0 aliphatic heterocycles. The second kappa shape index (κ2) is 8.76. The third-order valence-electron chi connectivity index (χ3n) is 4.73. The zero-order chi connectivity index (χ0) is 15.4. The molecule has 1 aromatic rings. The Balaban J connectivity index is 0.00000242. The maximum absolute atomic E-state index is 12.5. The molecular weight excluding hydrogens is 319 g/mol. The summed E-state index contributed by atoms with van der Waals surface area (Å²) in [6, 6.07) is 7.85. The summed E-state index contributed by atoms with van der Waals surface area (Å²) in [5.74, 6) is 0.483. The third-order valence-corrected chi connectivity index (χ3v) is 5.08. The van der Waals surface area contributed by atoms with Gasteiger partial charge in [0.05, 0.1) is 6.04 Å². The maximum atomic E-state index is 12.5. The number of hydrogen-bond acceptors (Lipinski definition) is 2. The van der Waals surface area contributed by atoms with Crippen molar-refractivity contribution >= 4 is 29.9 Å². The normalized spacial score (nSPS) is 22.5. The van der Waals surface area contributed by atoms with Crippen molar-refractivity contribution < 1.29 is 4.79 Å². The van der Waals surface area contributed by atoms with Gasteiger partial charge in [-0.1, -0.05) is 42.6 Å². The van der Waals surface area contributed by atoms with Crippen LogP contribution in [0.25, 0.3) is 0 Å². The second-order valence-corrected chi connectivity index (χ2v) is 6.52. The van der Waals surface area contributed by atoms with E-state index in [0.29, 0.717) is 17.4 Å². The standard InChI is InChI=1S/C17H25ClN2O.ClH/c1-12(14-8-4-5-9-15(14)18)20(2)17(21)11-13-7-3-6-10-16(13)19;/h4-5,8-9,12-13,16H,3,6-7,10-11,19H2,1-2H3;1H. The van der Waals surface area contributed by atoms with Gasteiger partial charge in [0.15, 0.2) is 0 Å². The van der Waals surface area contributed by atoms with E-state index in [1.165, 1.54) is 12.8 Å². The molecule has 1 aliphatic rings. The van der Waals surface area contributed by atoms with E-state index in [0.717, 1.165) is 18.4 Å². The highest BCUT2D eigenvalue weighted by Crippen LogP contribution is 2.29. The number of benzene rings is 1. The molecule has 0 spiro atoms. The first-order chi connectivity index (χ1) is 10.0. The molecule has 1 fully saturated rings. The molecule has 1 aliphatic carbocycles. The van der Waals surface area contributed by atoms with Crippen LogP contribution in [-0.4, -0.2) is 23.9 Å². The molecule has 2 N–H and O–H groups in total. The van der Waals surface area contributed by atoms with Gasteiger partial charge >= 0.3 is 0 Å². The first-order valence-electron chi connectivity index (χ1n) is 7.76. The molecule has 0 aromatic heterocycles. The number of carbonyl (C=O) groups excluding carboxylic acids is 1. The molecular formula is C17H26Cl2N2O. The number of carbonyl (C=O) groups is 1. The van der Waals surface area contributed by atoms with Gasteiger partial charge in [-0.25, -0.2) is 0 Å². The highest BCUT2D eigenvalue weighted by atomic mass is 35.5. The molecule has 0 bridgehead atoms. The molecule has 124 valence electrons. The van der Waals surface area contributed by atoms with Crippen LogP contribution in [0.1, 0.15) is 50.6 Å². The summed E-state index contributed by atoms with van der Waals surface area (Å²) in [4.78, 5) is 14.3. The SMILES string of the molecule is CC(c1ccccc1Cl)N(C)C(=O)CC1CCCCC1N.Cl. The van der Waals surface area contributed by atoms with Crippen LogP contribution in [0.2, 0.25) is 5.02 Å². The minimum Gasteiger partial charge on any atom is -0.339 e. The monoisotopic (exact) mass is 344 g/mol. The zero-order valence-corrected chi connectivity index (χ0v) is 14.9. The molecule has 0 radical (unpaired) electrons. The molecule has 1 amide bonds. The number of hydrogen-bond donors (Lipinski definition) is 1. The van der Waals surface area contributed by atoms with Crippen LogP contribution in [0, 0.1) is 5.92 Å². The van der Waals surface area contributed by atoms with Gasteiger partial charge in [0, 0.05) is 24.5 Å². The van der Waals surface area contributed by atoms with E-state index >= 15 is 0 Å². The minimum atomic E-state index is -0.0222. The lowest BCUT2D eigenvalue weighted by Crippen LogP contribution is -2.38. The van der Waals surface area contributed by atoms with Gasteiger partial charge in [0.25, 0.3) is 0 Å². The van der Waals surface area contributed by atoms with Gasteiger partial charge < -0.3 is 10.6 Å². The van der Waals surface area contributed by atoms with Crippen molar-refractivity contribution in [2.75, 3.05) is 7.05 Å². The number of halogens is 2. The van der Waals surface area contributed by atoms with E-state index in [1.54, 1.807) is 4.90 Å². The Morgan fingerprint density at radius 1 is 1.36 bits per heavy atom. The average molecular weight is 345 g/mol. The molecule has 0 heterocycles. The van der Waals surface area contributed by atoms with Crippen LogP contribution < -0.4 is 5.73 Å². The number of amides is 1. The average Bonchev–Trinajstić information content (AvgIpc) is 2.48. The molecule has 0 saturated heterocycles. The van der Waals surface area contributed by atoms with Crippen LogP contribution >= 0.6 is 24.0 Å². The predicted molar refractivity (Wildman–Crippen MR) is 94.4 cm³/mol. The molecule has 22 heavy (non-hydrogen) atoms. The lowest BCUT2D eigenvalue weighted by atomic mass is 9.82. The van der Waals surface area contributed by atoms with Crippen molar-refractivity contribution in [1.29, 1.82) is 0 Å². The van der Waals surface area contributed by atoms with Crippen molar-refractivity contribution in [2.45, 2.75) is 51.1 Å². The number of nitrogens with two attached hydrogens (primary N) is 1. The van der Waals surface area contributed by atoms with Crippen LogP contribution in [-0.2, 0) is 4.79 Å². The Bertz CT molecular complexity index is 495. The maximum Gasteiger partial charge on any atom is 0.223 e. The van der Waals surface area contributed by atoms with Gasteiger partial charge in [0.1, 0.15) is 0 Å². The largest absolute Gasteiger partial charge is 0.339 e. The summed E-state index contributed by atoms with van der Waals surface area (Å²) >= 11 is 6.22. The molecule has 2 rings (SSSR count). The van der Waals surface area contributed by atoms with Crippen LogP contribution in [0.5, 0.6) is 0 Å². The smallest absolute Gasteiger partial charge is 0.223 e. The molecule has 5 heteroatoms. The zero-order valence-electron chi connectivity index (χ0n) is 13.3. The Hall–Kier alpha value is -0.770. The van der Waals surface area contributed by atoms with Crippen LogP contribution in [0.15, 0.2) is 24.3 Å². The topological polar surface area (TPSA) is 46.3 Å². The minimum absolute atomic E-state index is 0. The molecule has 1 saturated carbocycles. The third kappa shape index (κ3) is 4.61. The molecule has 1 aromatic carbocycles. The molecule has 3 nitrogen and oxygen atoms in total. The lowest BCUT2D eigenvalue weighted by molar-refractivity contribution is -0.133. The summed E-state index contributed by atoms with van der Waals surface area (Å²) in [5.41, 5.74) is 7.14. The Morgan fingerprint density at radius 3 is 2.64 bits per heavy atom. The van der Waals surface area contributed by atoms with E-state index in [2.05, 4.69) is 0 Å². The molecule has 3 atom stereocenters. The van der Waals surface area contributed by atoms with Crippen molar-refractivity contribution in [1.82, 2.24) is 4.90 Å². The summed E-state index contributed by atoms with van der Waals surface area (Å²) in [7, 11) is 1.85. The van der Waals surface area contributed by atoms with Crippen LogP contribution in [0.3, 0.4) is 0 Å². The Kier molecular flexibility index (Phi) is 7.67. The fourth-order valence-corrected chi connectivity index (χ4v) is 3.39. The fourth-order valence-electron chi connectivity index (χ4n) is 3.10. The van der Waals surface area contributed by atoms with Crippen molar-refractivity contribution in [2.24, 2.45) is 11.7 Å². The number of nitrogens with zero attached hydrogens (tertiary/aromatic N) is 1. The van der Waals surface area contributed by atoms with E-state index in [4.69, 9.17) is 17.3 Å². The summed E-state index contributed by atoms with van der Waals surface area (Å²) in [5, 5.41) is 0.707. The van der Waals surface area contributed by atoms with Crippen molar-refractivity contribution in [3.8, 4) is 0 Å². The highest BCUT2D eigenvalue weighted by Gasteiger charge is 2.27. The van der Waals surface area contributed by atoms with Crippen molar-refractivity contribution in [3.05, 3.63) is 34.9 Å². The lowest BCUT2D eigenvalue weighted by Gasteiger charge is -2.32. The fraction of sp³-hybridized carbons (Fsp3) is 0.588. The molecule has 3 unspecified atom stereocenters. The first kappa shape index (κ1) is 19.3. The van der Waals surface area contributed by atoms with E-state index in [1.807, 2.05) is 38.2 Å². The van der Waals surface area contributed by atoms with E-state index < -0.39 is 0 Å². The van der Waals surface area contributed by atoms with Gasteiger partial charge in [-0.3, -0.25) is 4.79 Å². The van der Waals surface area contributed by atoms with Gasteiger partial charge in [0.2, 0.25) is 5.91 Å². The van der Waals surface area contributed by atoms with Crippen LogP contribution in [0.4, 0.5) is 0 Å². The predicted octanol–water partition coefficient (Wildman–Crippen LogP) is 4.19. The van der Waals surface area contributed by atoms with Crippen molar-refractivity contribution in [3.63, 3.8) is 0 Å². The second-order valence-electron chi connectivity index (χ2n) is 6.11. The highest BCUT2D eigenvalue weighted by molar-refractivity contribution is 6.31. The summed E-state index contributed by atoms with van der Waals surface area (Å²) < 4.78 is 0.